The fourth-order valence-corrected chi connectivity index (χ4v) is 4.28. The molecule has 0 aliphatic carbocycles. The van der Waals surface area contributed by atoms with Crippen molar-refractivity contribution in [2.45, 2.75) is 97.8 Å². The molecule has 6 heteroatoms. The van der Waals surface area contributed by atoms with Crippen molar-refractivity contribution < 1.29 is 116 Å². The van der Waals surface area contributed by atoms with Crippen molar-refractivity contribution in [3.05, 3.63) is 10.6 Å². The van der Waals surface area contributed by atoms with Crippen LogP contribution in [-0.4, -0.2) is 72.7 Å². The van der Waals surface area contributed by atoms with E-state index in [-0.39, 0.29) is 124 Å². The maximum atomic E-state index is 4.71. The number of likely N-dealkylation sites (tertiary alicyclic amines) is 2. The van der Waals surface area contributed by atoms with Gasteiger partial charge >= 0.3 is 116 Å². The molecule has 3 fully saturated rings. The van der Waals surface area contributed by atoms with Gasteiger partial charge in [-0.1, -0.05) is 26.7 Å². The summed E-state index contributed by atoms with van der Waals surface area (Å²) in [5, 5.41) is 9.08. The van der Waals surface area contributed by atoms with Crippen LogP contribution in [0.15, 0.2) is 0 Å². The summed E-state index contributed by atoms with van der Waals surface area (Å²) in [6.45, 7) is 19.8. The Morgan fingerprint density at radius 1 is 0.821 bits per heavy atom. The van der Waals surface area contributed by atoms with E-state index in [1.807, 2.05) is 7.05 Å². The molecule has 0 aromatic heterocycles. The van der Waals surface area contributed by atoms with Crippen LogP contribution in [0.25, 0.3) is 10.6 Å². The molecule has 0 saturated carbocycles. The monoisotopic (exact) mass is 536 g/mol. The number of likely N-dealkylation sites (N-methyl/N-ethyl adjacent to an activating group) is 1. The van der Waals surface area contributed by atoms with Gasteiger partial charge in [-0.2, -0.15) is 7.05 Å². The average molecular weight is 538 g/mol. The third-order valence-electron chi connectivity index (χ3n) is 6.16. The van der Waals surface area contributed by atoms with Gasteiger partial charge in [0.1, 0.15) is 0 Å². The average Bonchev–Trinajstić information content (AvgIpc) is 2.99. The zero-order valence-corrected chi connectivity index (χ0v) is 29.7. The fourth-order valence-electron chi connectivity index (χ4n) is 4.28. The summed E-state index contributed by atoms with van der Waals surface area (Å²) in [5.74, 6) is 0.868. The Hall–Kier alpha value is 3.45. The molecule has 0 bridgehead atoms. The summed E-state index contributed by atoms with van der Waals surface area (Å²) in [6, 6.07) is 1.24. The van der Waals surface area contributed by atoms with Gasteiger partial charge in [-0.3, -0.25) is 9.80 Å². The van der Waals surface area contributed by atoms with E-state index < -0.39 is 0 Å². The van der Waals surface area contributed by atoms with E-state index in [0.29, 0.717) is 23.2 Å². The van der Waals surface area contributed by atoms with Crippen LogP contribution in [0.3, 0.4) is 0 Å². The predicted molar refractivity (Wildman–Crippen MR) is 116 cm³/mol. The molecule has 0 amide bonds. The van der Waals surface area contributed by atoms with Crippen LogP contribution in [-0.2, 0) is 0 Å². The van der Waals surface area contributed by atoms with Crippen LogP contribution in [0.4, 0.5) is 0 Å². The first-order chi connectivity index (χ1) is 11.6. The summed E-state index contributed by atoms with van der Waals surface area (Å²) in [7, 11) is 1.94. The summed E-state index contributed by atoms with van der Waals surface area (Å²) >= 11 is 0. The Labute approximate surface area is 275 Å². The molecular weight excluding hydrogens is 491 g/mol. The second-order valence-electron chi connectivity index (χ2n) is 10.1. The van der Waals surface area contributed by atoms with E-state index in [2.05, 4.69) is 56.7 Å². The Balaban J connectivity index is 0. The van der Waals surface area contributed by atoms with E-state index in [0.717, 1.165) is 19.0 Å². The van der Waals surface area contributed by atoms with Gasteiger partial charge in [-0.25, -0.2) is 0 Å². The van der Waals surface area contributed by atoms with Gasteiger partial charge < -0.3 is 10.6 Å². The van der Waals surface area contributed by atoms with Gasteiger partial charge in [0.15, 0.2) is 0 Å². The number of rotatable bonds is 1. The van der Waals surface area contributed by atoms with Crippen molar-refractivity contribution in [1.29, 1.82) is 0 Å². The molecule has 3 atom stereocenters. The fraction of sp³-hybridized carbons (Fsp3) is 1.00. The van der Waals surface area contributed by atoms with Crippen LogP contribution in [0.2, 0.25) is 0 Å². The predicted octanol–water partition coefficient (Wildman–Crippen LogP) is -0.850. The van der Waals surface area contributed by atoms with Crippen LogP contribution < -0.4 is 116 Å². The Morgan fingerprint density at radius 3 is 1.93 bits per heavy atom. The molecule has 3 saturated heterocycles. The zero-order chi connectivity index (χ0) is 18.7. The third kappa shape index (κ3) is 11.0. The summed E-state index contributed by atoms with van der Waals surface area (Å²) in [4.78, 5) is 5.13. The van der Waals surface area contributed by atoms with Gasteiger partial charge in [0.2, 0.25) is 0 Å². The van der Waals surface area contributed by atoms with E-state index in [1.54, 1.807) is 0 Å². The van der Waals surface area contributed by atoms with Crippen molar-refractivity contribution in [3.8, 4) is 0 Å². The molecule has 0 radical (unpaired) electrons. The zero-order valence-electron chi connectivity index (χ0n) is 19.9. The first kappa shape index (κ1) is 33.6. The third-order valence-corrected chi connectivity index (χ3v) is 6.16. The van der Waals surface area contributed by atoms with Crippen LogP contribution in [0, 0.1) is 5.92 Å². The first-order valence-corrected chi connectivity index (χ1v) is 10.4. The van der Waals surface area contributed by atoms with Crippen molar-refractivity contribution in [2.75, 3.05) is 39.8 Å². The molecule has 0 spiro atoms. The molecule has 28 heavy (non-hydrogen) atoms. The van der Waals surface area contributed by atoms with Gasteiger partial charge in [0, 0.05) is 17.6 Å². The molecule has 3 aliphatic heterocycles. The molecule has 4 nitrogen and oxygen atoms in total. The second-order valence-corrected chi connectivity index (χ2v) is 10.1. The standard InChI is InChI=1S/C11H21N2.C10H21N2.CH4.2Rb/c1-11(2,3)13-7-9-5-4-6-12-10(9)8-13;1-10(2,3)12-7-5-6-9(8-12)11-4;;;/h9-10H,4-8H2,1-3H3;9H,5-8H2,1-4H3;1H4;;/q2*-1;;2*+1. The van der Waals surface area contributed by atoms with Gasteiger partial charge in [-0.15, -0.1) is 18.6 Å². The van der Waals surface area contributed by atoms with E-state index in [1.165, 1.54) is 45.3 Å². The van der Waals surface area contributed by atoms with Crippen molar-refractivity contribution in [3.63, 3.8) is 0 Å². The minimum atomic E-state index is 0. The number of nitrogens with zero attached hydrogens (tertiary/aromatic N) is 4. The quantitative estimate of drug-likeness (QED) is 0.437. The Kier molecular flexibility index (Phi) is 18.5. The molecule has 0 N–H and O–H groups in total. The molecule has 3 unspecified atom stereocenters. The SMILES string of the molecule is C.CC(C)(C)N1CC2CCC[N-]C2C1.C[N-]C1CCCN(C(C)(C)C)C1.[Rb+].[Rb+]. The molecular formula is C22H46N4Rb2. The summed E-state index contributed by atoms with van der Waals surface area (Å²) in [5.41, 5.74) is 0.663. The largest absolute Gasteiger partial charge is 1.00 e. The Morgan fingerprint density at radius 2 is 1.43 bits per heavy atom. The maximum absolute atomic E-state index is 4.71. The number of piperidine rings is 2. The number of hydrogen-bond donors (Lipinski definition) is 0. The van der Waals surface area contributed by atoms with E-state index >= 15 is 0 Å². The minimum Gasteiger partial charge on any atom is -0.661 e. The molecule has 3 rings (SSSR count). The van der Waals surface area contributed by atoms with Crippen LogP contribution >= 0.6 is 0 Å². The van der Waals surface area contributed by atoms with E-state index in [4.69, 9.17) is 5.32 Å². The summed E-state index contributed by atoms with van der Waals surface area (Å²) in [6.07, 6.45) is 5.31. The van der Waals surface area contributed by atoms with Crippen LogP contribution in [0.5, 0.6) is 0 Å². The maximum Gasteiger partial charge on any atom is 1.00 e. The molecule has 0 aromatic carbocycles. The van der Waals surface area contributed by atoms with Gasteiger partial charge in [-0.05, 0) is 73.5 Å². The van der Waals surface area contributed by atoms with E-state index in [9.17, 15) is 0 Å². The van der Waals surface area contributed by atoms with Crippen molar-refractivity contribution in [1.82, 2.24) is 9.80 Å². The summed E-state index contributed by atoms with van der Waals surface area (Å²) < 4.78 is 0. The second kappa shape index (κ2) is 15.4. The smallest absolute Gasteiger partial charge is 0.661 e. The molecule has 0 aromatic rings. The Bertz CT molecular complexity index is 392. The number of fused-ring (bicyclic) bond motifs is 1. The van der Waals surface area contributed by atoms with Gasteiger partial charge in [0.25, 0.3) is 0 Å². The van der Waals surface area contributed by atoms with Crippen LogP contribution in [0.1, 0.15) is 74.7 Å². The topological polar surface area (TPSA) is 34.7 Å². The first-order valence-electron chi connectivity index (χ1n) is 10.4. The molecule has 3 aliphatic rings. The van der Waals surface area contributed by atoms with Gasteiger partial charge in [0.05, 0.1) is 0 Å². The number of hydrogen-bond acceptors (Lipinski definition) is 2. The normalized spacial score (nSPS) is 28.6. The molecule has 3 heterocycles. The molecule has 156 valence electrons. The van der Waals surface area contributed by atoms with Crippen molar-refractivity contribution in [2.24, 2.45) is 5.92 Å². The van der Waals surface area contributed by atoms with Crippen molar-refractivity contribution >= 4 is 0 Å². The minimum absolute atomic E-state index is 0.